The molecule has 38 heavy (non-hydrogen) atoms. The quantitative estimate of drug-likeness (QED) is 0.165. The van der Waals surface area contributed by atoms with Crippen LogP contribution in [0.5, 0.6) is 11.5 Å². The Morgan fingerprint density at radius 1 is 1.08 bits per heavy atom. The van der Waals surface area contributed by atoms with Gasteiger partial charge in [0.15, 0.2) is 0 Å². The number of carbonyl (C=O) groups excluding carboxylic acids is 1. The number of carbonyl (C=O) groups is 1. The van der Waals surface area contributed by atoms with Crippen LogP contribution in [0.15, 0.2) is 87.8 Å². The average Bonchev–Trinajstić information content (AvgIpc) is 3.17. The lowest BCUT2D eigenvalue weighted by molar-refractivity contribution is -0.658. The minimum Gasteiger partial charge on any atom is -0.726 e. The van der Waals surface area contributed by atoms with Crippen LogP contribution in [0.4, 0.5) is 17.2 Å². The van der Waals surface area contributed by atoms with Crippen LogP contribution in [0, 0.1) is 0 Å². The Hall–Kier alpha value is -4.46. The molecular weight excluding hydrogens is 514 g/mol. The second kappa shape index (κ2) is 12.2. The topological polar surface area (TPSA) is 157 Å². The molecule has 0 atom stereocenters. The summed E-state index contributed by atoms with van der Waals surface area (Å²) in [4.78, 5) is 13.0. The highest BCUT2D eigenvalue weighted by atomic mass is 32.3. The third-order valence-corrected chi connectivity index (χ3v) is 5.58. The first-order valence-electron chi connectivity index (χ1n) is 11.0. The number of phenolic OH excluding ortho intramolecular Hbond substituents is 1. The molecule has 13 heteroatoms. The summed E-state index contributed by atoms with van der Waals surface area (Å²) in [5.74, 6) is 1.15. The first kappa shape index (κ1) is 28.1. The molecule has 0 spiro atoms. The lowest BCUT2D eigenvalue weighted by atomic mass is 10.1. The first-order valence-corrected chi connectivity index (χ1v) is 12.3. The van der Waals surface area contributed by atoms with Crippen LogP contribution >= 0.6 is 0 Å². The highest BCUT2D eigenvalue weighted by Crippen LogP contribution is 2.31. The molecule has 1 aliphatic heterocycles. The van der Waals surface area contributed by atoms with Crippen LogP contribution < -0.4 is 14.3 Å². The molecule has 0 radical (unpaired) electrons. The number of aryl methyl sites for hydroxylation is 1. The van der Waals surface area contributed by atoms with E-state index < -0.39 is 10.4 Å². The largest absolute Gasteiger partial charge is 0.726 e. The normalized spacial score (nSPS) is 14.4. The smallest absolute Gasteiger partial charge is 0.368 e. The number of aromatic hydroxyl groups is 1. The maximum Gasteiger partial charge on any atom is 0.368 e. The van der Waals surface area contributed by atoms with Crippen molar-refractivity contribution in [1.82, 2.24) is 0 Å². The maximum atomic E-state index is 13.0. The minimum absolute atomic E-state index is 0.00881. The molecule has 1 aliphatic rings. The van der Waals surface area contributed by atoms with Crippen LogP contribution in [0.2, 0.25) is 0 Å². The molecule has 1 N–H and O–H groups in total. The van der Waals surface area contributed by atoms with Gasteiger partial charge in [-0.15, -0.1) is 5.11 Å². The van der Waals surface area contributed by atoms with Gasteiger partial charge < -0.3 is 14.4 Å². The number of hydrazone groups is 1. The zero-order chi connectivity index (χ0) is 27.9. The summed E-state index contributed by atoms with van der Waals surface area (Å²) in [5.41, 5.74) is 2.69. The van der Waals surface area contributed by atoms with Gasteiger partial charge in [-0.05, 0) is 61.0 Å². The number of nitrogens with zero attached hydrogens (tertiary/aromatic N) is 5. The number of amides is 1. The van der Waals surface area contributed by atoms with E-state index in [4.69, 9.17) is 4.74 Å². The zero-order valence-electron chi connectivity index (χ0n) is 21.0. The van der Waals surface area contributed by atoms with Gasteiger partial charge in [-0.1, -0.05) is 22.2 Å². The number of anilines is 1. The summed E-state index contributed by atoms with van der Waals surface area (Å²) in [5, 5.41) is 24.3. The van der Waals surface area contributed by atoms with E-state index in [2.05, 4.69) is 19.5 Å². The molecule has 12 nitrogen and oxygen atoms in total. The Bertz CT molecular complexity index is 1520. The van der Waals surface area contributed by atoms with Crippen molar-refractivity contribution in [2.75, 3.05) is 19.2 Å². The number of benzene rings is 2. The van der Waals surface area contributed by atoms with Crippen molar-refractivity contribution >= 4 is 45.3 Å². The lowest BCUT2D eigenvalue weighted by Crippen LogP contribution is -2.37. The van der Waals surface area contributed by atoms with Gasteiger partial charge in [0, 0.05) is 6.07 Å². The van der Waals surface area contributed by atoms with Gasteiger partial charge in [0.1, 0.15) is 17.2 Å². The fourth-order valence-electron chi connectivity index (χ4n) is 3.21. The molecule has 0 unspecified atom stereocenters. The van der Waals surface area contributed by atoms with Gasteiger partial charge in [-0.2, -0.15) is 5.11 Å². The highest BCUT2D eigenvalue weighted by Gasteiger charge is 2.37. The van der Waals surface area contributed by atoms with Crippen molar-refractivity contribution in [3.63, 3.8) is 0 Å². The number of azo groups is 1. The molecule has 0 aliphatic carbocycles. The average molecular weight is 540 g/mol. The molecule has 2 aromatic carbocycles. The van der Waals surface area contributed by atoms with Gasteiger partial charge in [0.2, 0.25) is 10.4 Å². The van der Waals surface area contributed by atoms with Gasteiger partial charge in [-0.25, -0.2) is 17.8 Å². The molecule has 0 fully saturated rings. The van der Waals surface area contributed by atoms with Crippen molar-refractivity contribution in [2.24, 2.45) is 22.4 Å². The summed E-state index contributed by atoms with van der Waals surface area (Å²) in [7, 11) is -0.155. The van der Waals surface area contributed by atoms with Gasteiger partial charge in [0.25, 0.3) is 0 Å². The summed E-state index contributed by atoms with van der Waals surface area (Å²) in [6.45, 7) is 1.79. The van der Waals surface area contributed by atoms with Crippen molar-refractivity contribution in [3.8, 4) is 11.5 Å². The van der Waals surface area contributed by atoms with Crippen molar-refractivity contribution in [3.05, 3.63) is 78.0 Å². The number of pyridine rings is 1. The van der Waals surface area contributed by atoms with E-state index in [1.165, 1.54) is 11.1 Å². The fourth-order valence-corrected chi connectivity index (χ4v) is 3.21. The highest BCUT2D eigenvalue weighted by molar-refractivity contribution is 7.80. The van der Waals surface area contributed by atoms with Gasteiger partial charge >= 0.3 is 11.7 Å². The second-order valence-electron chi connectivity index (χ2n) is 7.75. The fraction of sp³-hybridized carbons (Fsp3) is 0.160. The van der Waals surface area contributed by atoms with Crippen LogP contribution in [0.3, 0.4) is 0 Å². The van der Waals surface area contributed by atoms with E-state index in [1.54, 1.807) is 56.5 Å². The molecule has 1 aromatic heterocycles. The number of phenols is 1. The Balaban J connectivity index is 0.000000599. The molecule has 2 heterocycles. The number of hydrogen-bond donors (Lipinski definition) is 1. The Morgan fingerprint density at radius 3 is 2.37 bits per heavy atom. The SMILES string of the molecule is COS(=O)(=O)[O-].COc1ccc(/N=N/c2cc(/C=C3/C(=O)N(c4cccc[n+]4C)N=C3C)ccc2O)cc1. The molecular formula is C25H25N5O7S. The molecule has 3 aromatic rings. The molecule has 4 rings (SSSR count). The van der Waals surface area contributed by atoms with Crippen molar-refractivity contribution in [1.29, 1.82) is 0 Å². The van der Waals surface area contributed by atoms with Crippen LogP contribution in [0.25, 0.3) is 6.08 Å². The van der Waals surface area contributed by atoms with E-state index in [0.29, 0.717) is 34.0 Å². The molecule has 198 valence electrons. The number of rotatable bonds is 6. The van der Waals surface area contributed by atoms with Crippen molar-refractivity contribution < 1.29 is 36.4 Å². The zero-order valence-corrected chi connectivity index (χ0v) is 21.8. The summed E-state index contributed by atoms with van der Waals surface area (Å²) >= 11 is 0. The molecule has 0 saturated heterocycles. The summed E-state index contributed by atoms with van der Waals surface area (Å²) in [6, 6.07) is 17.6. The number of hydrogen-bond acceptors (Lipinski definition) is 10. The van der Waals surface area contributed by atoms with Gasteiger partial charge in [-0.3, -0.25) is 4.18 Å². The van der Waals surface area contributed by atoms with Crippen LogP contribution in [-0.2, 0) is 26.4 Å². The summed E-state index contributed by atoms with van der Waals surface area (Å²) < 4.78 is 38.0. The number of ether oxygens (including phenoxy) is 1. The number of aromatic nitrogens is 1. The Kier molecular flexibility index (Phi) is 9.02. The van der Waals surface area contributed by atoms with Crippen LogP contribution in [0.1, 0.15) is 12.5 Å². The molecule has 0 bridgehead atoms. The third-order valence-electron chi connectivity index (χ3n) is 5.17. The second-order valence-corrected chi connectivity index (χ2v) is 8.90. The lowest BCUT2D eigenvalue weighted by Gasteiger charge is -2.05. The maximum absolute atomic E-state index is 13.0. The monoisotopic (exact) mass is 539 g/mol. The van der Waals surface area contributed by atoms with Crippen LogP contribution in [-0.4, -0.2) is 43.9 Å². The van der Waals surface area contributed by atoms with E-state index in [-0.39, 0.29) is 11.7 Å². The predicted octanol–water partition coefficient (Wildman–Crippen LogP) is 3.54. The predicted molar refractivity (Wildman–Crippen MR) is 138 cm³/mol. The molecule has 0 saturated carbocycles. The number of methoxy groups -OCH3 is 1. The summed E-state index contributed by atoms with van der Waals surface area (Å²) in [6.07, 6.45) is 3.59. The molecule has 1 amide bonds. The Morgan fingerprint density at radius 2 is 1.76 bits per heavy atom. The third kappa shape index (κ3) is 7.29. The van der Waals surface area contributed by atoms with E-state index in [9.17, 15) is 22.9 Å². The standard InChI is InChI=1S/C24H21N5O3.CH4O4S/c1-16-20(24(31)29(27-16)23-6-4-5-13-28(23)2)14-17-7-12-22(30)21(15-17)26-25-18-8-10-19(32-3)11-9-18;1-5-6(2,3)4/h4-15H,1-3H3;1H3,(H,2,3,4). The minimum atomic E-state index is -4.41. The van der Waals surface area contributed by atoms with E-state index in [0.717, 1.165) is 12.9 Å². The first-order chi connectivity index (χ1) is 18.0. The van der Waals surface area contributed by atoms with E-state index in [1.807, 2.05) is 36.0 Å². The Labute approximate surface area is 219 Å². The van der Waals surface area contributed by atoms with Crippen molar-refractivity contribution in [2.45, 2.75) is 6.92 Å². The van der Waals surface area contributed by atoms with E-state index >= 15 is 0 Å². The van der Waals surface area contributed by atoms with Gasteiger partial charge in [0.05, 0.1) is 44.4 Å².